The smallest absolute Gasteiger partial charge is 0.408 e. The van der Waals surface area contributed by atoms with Crippen molar-refractivity contribution in [2.24, 2.45) is 0 Å². The van der Waals surface area contributed by atoms with E-state index in [1.807, 2.05) is 24.3 Å². The van der Waals surface area contributed by atoms with Crippen LogP contribution in [0, 0.1) is 0 Å². The summed E-state index contributed by atoms with van der Waals surface area (Å²) in [5.74, 6) is -4.67. The van der Waals surface area contributed by atoms with E-state index >= 15 is 0 Å². The Kier molecular flexibility index (Phi) is 34.5. The Morgan fingerprint density at radius 3 is 1.54 bits per heavy atom. The van der Waals surface area contributed by atoms with Crippen LogP contribution in [0.3, 0.4) is 0 Å². The van der Waals surface area contributed by atoms with Crippen LogP contribution in [-0.4, -0.2) is 114 Å². The molecular weight excluding hydrogens is 1170 g/mol. The topological polar surface area (TPSA) is 267 Å². The first kappa shape index (κ1) is 74.1. The van der Waals surface area contributed by atoms with E-state index in [1.165, 1.54) is 32.1 Å². The summed E-state index contributed by atoms with van der Waals surface area (Å²) in [7, 11) is 0. The van der Waals surface area contributed by atoms with Gasteiger partial charge >= 0.3 is 35.9 Å². The molecule has 1 aliphatic rings. The summed E-state index contributed by atoms with van der Waals surface area (Å²) < 4.78 is 47.1. The zero-order valence-corrected chi connectivity index (χ0v) is 53.7. The molecule has 0 spiro atoms. The highest BCUT2D eigenvalue weighted by Crippen LogP contribution is 2.29. The van der Waals surface area contributed by atoms with Gasteiger partial charge in [-0.2, -0.15) is 0 Å². The minimum absolute atomic E-state index is 0.0382. The average molecular weight is 1260 g/mol. The van der Waals surface area contributed by atoms with Crippen molar-refractivity contribution in [3.63, 3.8) is 0 Å². The van der Waals surface area contributed by atoms with Crippen molar-refractivity contribution in [1.82, 2.24) is 16.0 Å². The lowest BCUT2D eigenvalue weighted by molar-refractivity contribution is -0.286. The van der Waals surface area contributed by atoms with Crippen LogP contribution in [0.15, 0.2) is 121 Å². The molecule has 1 aliphatic heterocycles. The maximum atomic E-state index is 14.2. The maximum absolute atomic E-state index is 14.2. The minimum atomic E-state index is -1.83. The summed E-state index contributed by atoms with van der Waals surface area (Å²) >= 11 is 0. The van der Waals surface area contributed by atoms with Gasteiger partial charge in [-0.25, -0.2) is 9.59 Å². The van der Waals surface area contributed by atoms with Gasteiger partial charge in [0.15, 0.2) is 12.4 Å². The normalized spacial score (nSPS) is 16.6. The second-order valence-corrected chi connectivity index (χ2v) is 24.0. The van der Waals surface area contributed by atoms with E-state index in [2.05, 4.69) is 22.9 Å². The first-order valence-corrected chi connectivity index (χ1v) is 32.5. The number of nitrogens with one attached hydrogen (secondary N) is 3. The van der Waals surface area contributed by atoms with Gasteiger partial charge in [0.2, 0.25) is 5.91 Å². The third kappa shape index (κ3) is 31.3. The van der Waals surface area contributed by atoms with E-state index in [1.54, 1.807) is 118 Å². The second kappa shape index (κ2) is 42.4. The van der Waals surface area contributed by atoms with Crippen molar-refractivity contribution in [2.75, 3.05) is 13.2 Å². The van der Waals surface area contributed by atoms with Crippen molar-refractivity contribution < 1.29 is 81.4 Å². The summed E-state index contributed by atoms with van der Waals surface area (Å²) in [6, 6.07) is 32.8. The lowest BCUT2D eigenvalue weighted by atomic mass is 9.95. The summed E-state index contributed by atoms with van der Waals surface area (Å²) in [6.45, 7) is 6.53. The monoisotopic (exact) mass is 1260 g/mol. The molecule has 1 saturated heterocycles. The largest absolute Gasteiger partial charge is 0.461 e. The van der Waals surface area contributed by atoms with Gasteiger partial charge in [0.1, 0.15) is 56.3 Å². The average Bonchev–Trinajstić information content (AvgIpc) is 1.00. The number of benzene rings is 4. The number of hydrogen-bond acceptors (Lipinski definition) is 17. The Labute approximate surface area is 536 Å². The molecule has 3 amide bonds. The molecule has 1 fully saturated rings. The number of aliphatic hydroxyl groups is 1. The summed E-state index contributed by atoms with van der Waals surface area (Å²) in [5.41, 5.74) is 1.70. The molecular formula is C71H97N3O17. The molecule has 4 aromatic carbocycles. The van der Waals surface area contributed by atoms with Crippen molar-refractivity contribution in [2.45, 2.75) is 237 Å². The number of amides is 3. The SMILES string of the molecule is CCCCCCCCCCCCCC(=O)N[C@H]1[C@@H](OC(CC(=O)OCc2ccccc2)CC(=O)OCc2ccccc2)O[C@H](COC(=O)[C@@H](CCC(=O)OCc2ccccc2)NC(=O)OC(C)(C)C)[C@@H](O)[C@@H]1OC(=O)CCCCCCCNC(=O)c1ccccc1. The third-order valence-corrected chi connectivity index (χ3v) is 15.0. The van der Waals surface area contributed by atoms with Crippen LogP contribution in [0.1, 0.15) is 196 Å². The fourth-order valence-corrected chi connectivity index (χ4v) is 10.1. The standard InChI is InChI=1S/C71H97N3O17/c1-5-6-7-8-9-10-11-12-13-15-30-41-59(75)74-64-66(90-61(77)42-31-16-14-17-32-45-72-67(81)55-39-28-21-29-40-55)65(80)58(51-87-68(82)57(73-70(83)91-71(2,3)4)43-44-60(76)84-48-52-33-22-18-23-34-52)89-69(64)88-56(46-62(78)85-49-53-35-24-19-25-36-53)47-63(79)86-50-54-37-26-20-27-38-54/h18-29,33-40,56-58,64-66,69,80H,5-17,30-32,41-51H2,1-4H3,(H,72,81)(H,73,83)(H,74,75)/t57-,58-,64-,65-,66-,69+/m1/s1. The number of unbranched alkanes of at least 4 members (excludes halogenated alkanes) is 14. The minimum Gasteiger partial charge on any atom is -0.461 e. The zero-order valence-electron chi connectivity index (χ0n) is 53.7. The van der Waals surface area contributed by atoms with Gasteiger partial charge in [-0.1, -0.05) is 200 Å². The van der Waals surface area contributed by atoms with Gasteiger partial charge in [-0.15, -0.1) is 0 Å². The molecule has 0 bridgehead atoms. The molecule has 498 valence electrons. The van der Waals surface area contributed by atoms with Crippen molar-refractivity contribution in [3.05, 3.63) is 144 Å². The van der Waals surface area contributed by atoms with E-state index in [0.29, 0.717) is 48.9 Å². The Hall–Kier alpha value is -7.68. The maximum Gasteiger partial charge on any atom is 0.408 e. The fourth-order valence-electron chi connectivity index (χ4n) is 10.1. The molecule has 0 aromatic heterocycles. The Morgan fingerprint density at radius 1 is 0.549 bits per heavy atom. The van der Waals surface area contributed by atoms with E-state index < -0.39 is 110 Å². The van der Waals surface area contributed by atoms with Gasteiger partial charge in [0, 0.05) is 31.4 Å². The molecule has 4 aromatic rings. The molecule has 91 heavy (non-hydrogen) atoms. The molecule has 0 aliphatic carbocycles. The van der Waals surface area contributed by atoms with Crippen LogP contribution >= 0.6 is 0 Å². The van der Waals surface area contributed by atoms with Gasteiger partial charge in [-0.3, -0.25) is 28.8 Å². The predicted octanol–water partition coefficient (Wildman–Crippen LogP) is 11.6. The second-order valence-electron chi connectivity index (χ2n) is 24.0. The predicted molar refractivity (Wildman–Crippen MR) is 340 cm³/mol. The molecule has 20 nitrogen and oxygen atoms in total. The first-order valence-electron chi connectivity index (χ1n) is 32.5. The lowest BCUT2D eigenvalue weighted by Crippen LogP contribution is -2.66. The number of hydrogen-bond donors (Lipinski definition) is 4. The number of carbonyl (C=O) groups excluding carboxylic acids is 8. The fraction of sp³-hybridized carbons (Fsp3) is 0.549. The highest BCUT2D eigenvalue weighted by Gasteiger charge is 2.50. The summed E-state index contributed by atoms with van der Waals surface area (Å²) in [5, 5.41) is 20.7. The Bertz CT molecular complexity index is 2710. The van der Waals surface area contributed by atoms with Gasteiger partial charge in [0.25, 0.3) is 5.91 Å². The van der Waals surface area contributed by atoms with Gasteiger partial charge in [0.05, 0.1) is 18.9 Å². The third-order valence-electron chi connectivity index (χ3n) is 15.0. The lowest BCUT2D eigenvalue weighted by Gasteiger charge is -2.44. The number of alkyl carbamates (subject to hydrolysis) is 1. The van der Waals surface area contributed by atoms with Crippen LogP contribution in [-0.2, 0) is 86.5 Å². The summed E-state index contributed by atoms with van der Waals surface area (Å²) in [6.07, 6.45) is 3.84. The van der Waals surface area contributed by atoms with Gasteiger partial charge < -0.3 is 59.0 Å². The molecule has 4 N–H and O–H groups in total. The summed E-state index contributed by atoms with van der Waals surface area (Å²) in [4.78, 5) is 109. The number of rotatable bonds is 42. The van der Waals surface area contributed by atoms with E-state index in [-0.39, 0.29) is 51.4 Å². The molecule has 1 heterocycles. The van der Waals surface area contributed by atoms with Crippen LogP contribution in [0.2, 0.25) is 0 Å². The molecule has 0 radical (unpaired) electrons. The van der Waals surface area contributed by atoms with Crippen LogP contribution in [0.5, 0.6) is 0 Å². The first-order chi connectivity index (χ1) is 44.0. The molecule has 5 rings (SSSR count). The van der Waals surface area contributed by atoms with Crippen LogP contribution < -0.4 is 16.0 Å². The van der Waals surface area contributed by atoms with Crippen molar-refractivity contribution >= 4 is 47.8 Å². The van der Waals surface area contributed by atoms with Crippen molar-refractivity contribution in [1.29, 1.82) is 0 Å². The number of esters is 5. The molecule has 0 saturated carbocycles. The number of carbonyl (C=O) groups is 8. The van der Waals surface area contributed by atoms with E-state index in [4.69, 9.17) is 37.9 Å². The molecule has 6 atom stereocenters. The highest BCUT2D eigenvalue weighted by molar-refractivity contribution is 5.94. The zero-order chi connectivity index (χ0) is 65.5. The highest BCUT2D eigenvalue weighted by atomic mass is 16.7. The van der Waals surface area contributed by atoms with E-state index in [9.17, 15) is 43.5 Å². The van der Waals surface area contributed by atoms with Crippen LogP contribution in [0.4, 0.5) is 4.79 Å². The van der Waals surface area contributed by atoms with E-state index in [0.717, 1.165) is 50.5 Å². The van der Waals surface area contributed by atoms with Crippen molar-refractivity contribution in [3.8, 4) is 0 Å². The van der Waals surface area contributed by atoms with Crippen LogP contribution in [0.25, 0.3) is 0 Å². The number of ether oxygens (including phenoxy) is 8. The molecule has 0 unspecified atom stereocenters. The Balaban J connectivity index is 1.39. The quantitative estimate of drug-likeness (QED) is 0.0182. The number of aliphatic hydroxyl groups excluding tert-OH is 1. The Morgan fingerprint density at radius 2 is 1.02 bits per heavy atom. The van der Waals surface area contributed by atoms with Gasteiger partial charge in [-0.05, 0) is 75.3 Å². The molecule has 20 heteroatoms.